The minimum atomic E-state index is -0.406. The molecule has 2 heterocycles. The lowest BCUT2D eigenvalue weighted by Gasteiger charge is -2.09. The molecule has 0 amide bonds. The summed E-state index contributed by atoms with van der Waals surface area (Å²) in [6, 6.07) is 9.33. The van der Waals surface area contributed by atoms with Gasteiger partial charge < -0.3 is 14.3 Å². The zero-order valence-electron chi connectivity index (χ0n) is 18.8. The molecule has 32 heavy (non-hydrogen) atoms. The van der Waals surface area contributed by atoms with Crippen LogP contribution in [0, 0.1) is 12.3 Å². The fourth-order valence-corrected chi connectivity index (χ4v) is 4.01. The Morgan fingerprint density at radius 3 is 2.81 bits per heavy atom. The van der Waals surface area contributed by atoms with Crippen molar-refractivity contribution in [1.82, 2.24) is 9.55 Å². The molecule has 0 saturated heterocycles. The molecule has 0 radical (unpaired) electrons. The second-order valence-corrected chi connectivity index (χ2v) is 7.79. The maximum Gasteiger partial charge on any atom is 0.336 e. The van der Waals surface area contributed by atoms with E-state index in [1.54, 1.807) is 38.9 Å². The highest BCUT2D eigenvalue weighted by Crippen LogP contribution is 2.23. The van der Waals surface area contributed by atoms with Crippen LogP contribution in [0.5, 0.6) is 5.75 Å². The molecule has 0 unspecified atom stereocenters. The summed E-state index contributed by atoms with van der Waals surface area (Å²) in [5, 5.41) is 11.1. The Morgan fingerprint density at radius 2 is 2.16 bits per heavy atom. The molecule has 0 aliphatic rings. The second-order valence-electron chi connectivity index (χ2n) is 6.73. The summed E-state index contributed by atoms with van der Waals surface area (Å²) >= 11 is 1.61. The molecule has 1 aromatic carbocycles. The van der Waals surface area contributed by atoms with Crippen molar-refractivity contribution in [1.29, 1.82) is 0 Å². The predicted molar refractivity (Wildman–Crippen MR) is 130 cm³/mol. The molecule has 6 nitrogen and oxygen atoms in total. The number of aromatic nitrogens is 2. The molecule has 3 rings (SSSR count). The first kappa shape index (κ1) is 25.1. The number of aliphatic hydroxyl groups is 1. The van der Waals surface area contributed by atoms with Crippen LogP contribution in [0.4, 0.5) is 0 Å². The van der Waals surface area contributed by atoms with Crippen molar-refractivity contribution in [3.63, 3.8) is 0 Å². The van der Waals surface area contributed by atoms with Gasteiger partial charge in [-0.1, -0.05) is 23.9 Å². The number of methoxy groups -OCH3 is 1. The lowest BCUT2D eigenvalue weighted by Crippen LogP contribution is -2.35. The molecule has 0 saturated carbocycles. The van der Waals surface area contributed by atoms with Crippen molar-refractivity contribution in [3.05, 3.63) is 69.3 Å². The Morgan fingerprint density at radius 1 is 1.41 bits per heavy atom. The first-order valence-corrected chi connectivity index (χ1v) is 11.1. The summed E-state index contributed by atoms with van der Waals surface area (Å²) in [4.78, 5) is 16.4. The maximum absolute atomic E-state index is 12.0. The predicted octanol–water partition coefficient (Wildman–Crippen LogP) is 2.77. The van der Waals surface area contributed by atoms with Crippen molar-refractivity contribution >= 4 is 23.4 Å². The van der Waals surface area contributed by atoms with Gasteiger partial charge in [0.15, 0.2) is 5.16 Å². The van der Waals surface area contributed by atoms with Crippen molar-refractivity contribution in [3.8, 4) is 23.8 Å². The van der Waals surface area contributed by atoms with Gasteiger partial charge in [0.2, 0.25) is 0 Å². The quantitative estimate of drug-likeness (QED) is 0.439. The van der Waals surface area contributed by atoms with E-state index in [2.05, 4.69) is 17.3 Å². The minimum Gasteiger partial charge on any atom is -0.497 e. The summed E-state index contributed by atoms with van der Waals surface area (Å²) in [6.45, 7) is 5.16. The molecule has 3 aromatic rings. The van der Waals surface area contributed by atoms with Gasteiger partial charge in [0.25, 0.3) is 0 Å². The highest BCUT2D eigenvalue weighted by atomic mass is 32.2. The van der Waals surface area contributed by atoms with E-state index in [1.807, 2.05) is 48.0 Å². The molecule has 7 heteroatoms. The molecule has 0 fully saturated rings. The number of aliphatic hydroxyl groups excluding tert-OH is 1. The number of ether oxygens (including phenoxy) is 1. The molecule has 0 aliphatic carbocycles. The molecule has 168 valence electrons. The van der Waals surface area contributed by atoms with Crippen LogP contribution in [0.3, 0.4) is 0 Å². The van der Waals surface area contributed by atoms with E-state index in [-0.39, 0.29) is 6.61 Å². The number of hydrogen-bond donors (Lipinski definition) is 1. The summed E-state index contributed by atoms with van der Waals surface area (Å²) in [5.74, 6) is 3.78. The van der Waals surface area contributed by atoms with Gasteiger partial charge in [-0.15, -0.1) is 12.3 Å². The van der Waals surface area contributed by atoms with Gasteiger partial charge in [-0.3, -0.25) is 4.57 Å². The summed E-state index contributed by atoms with van der Waals surface area (Å²) in [5.41, 5.74) is 2.57. The number of imidazole rings is 1. The van der Waals surface area contributed by atoms with Crippen LogP contribution in [-0.2, 0) is 6.42 Å². The highest BCUT2D eigenvalue weighted by Gasteiger charge is 2.09. The summed E-state index contributed by atoms with van der Waals surface area (Å²) in [6.07, 6.45) is 10.9. The second kappa shape index (κ2) is 12.6. The molecule has 0 atom stereocenters. The van der Waals surface area contributed by atoms with Crippen molar-refractivity contribution in [2.24, 2.45) is 0 Å². The number of thioether (sulfide) groups is 1. The van der Waals surface area contributed by atoms with E-state index in [0.717, 1.165) is 33.1 Å². The Kier molecular flexibility index (Phi) is 9.86. The van der Waals surface area contributed by atoms with Crippen LogP contribution >= 0.6 is 11.8 Å². The standard InChI is InChI=1S/C22H24N2O4S.C3H4/c1-4-19-16(12-20(26)28-21(19)15(2)14-25)8-11-29-22-23-9-10-24(22)17-6-5-7-18(13-17)27-3;1-3-2/h4-7,9-10,12-13,25H,8,11,14H2,1-3H3;1H,2H3/b19-4-,21-15+;. The first-order chi connectivity index (χ1) is 15.5. The smallest absolute Gasteiger partial charge is 0.336 e. The SMILES string of the molecule is C#CC.C/C=c1/c(CCSc2nccn2-c2cccc(OC)c2)cc(=O)o/c1=C(\C)CO. The Labute approximate surface area is 192 Å². The van der Waals surface area contributed by atoms with E-state index in [9.17, 15) is 9.90 Å². The zero-order chi connectivity index (χ0) is 23.5. The van der Waals surface area contributed by atoms with Gasteiger partial charge in [-0.25, -0.2) is 9.78 Å². The topological polar surface area (TPSA) is 77.5 Å². The normalized spacial score (nSPS) is 11.9. The molecule has 0 aliphatic heterocycles. The Balaban J connectivity index is 0.00000114. The number of nitrogens with zero attached hydrogens (tertiary/aromatic N) is 2. The van der Waals surface area contributed by atoms with Crippen molar-refractivity contribution in [2.45, 2.75) is 32.3 Å². The summed E-state index contributed by atoms with van der Waals surface area (Å²) < 4.78 is 12.6. The van der Waals surface area contributed by atoms with Gasteiger partial charge in [-0.2, -0.15) is 0 Å². The molecular weight excluding hydrogens is 424 g/mol. The van der Waals surface area contributed by atoms with Crippen molar-refractivity contribution in [2.75, 3.05) is 19.5 Å². The fraction of sp³-hybridized carbons (Fsp3) is 0.280. The van der Waals surface area contributed by atoms with E-state index in [4.69, 9.17) is 9.15 Å². The summed E-state index contributed by atoms with van der Waals surface area (Å²) in [7, 11) is 1.64. The van der Waals surface area contributed by atoms with E-state index in [1.165, 1.54) is 6.07 Å². The third-order valence-corrected chi connectivity index (χ3v) is 5.51. The molecule has 0 bridgehead atoms. The third kappa shape index (κ3) is 6.39. The zero-order valence-corrected chi connectivity index (χ0v) is 19.6. The monoisotopic (exact) mass is 452 g/mol. The number of benzene rings is 1. The van der Waals surface area contributed by atoms with Gasteiger partial charge in [-0.05, 0) is 50.5 Å². The third-order valence-electron chi connectivity index (χ3n) is 4.54. The molecular formula is C25H28N2O4S. The average molecular weight is 453 g/mol. The van der Waals surface area contributed by atoms with Crippen LogP contribution in [-0.4, -0.2) is 34.1 Å². The lowest BCUT2D eigenvalue weighted by molar-refractivity contribution is 0.343. The van der Waals surface area contributed by atoms with Gasteiger partial charge in [0.1, 0.15) is 11.2 Å². The lowest BCUT2D eigenvalue weighted by atomic mass is 10.1. The van der Waals surface area contributed by atoms with Gasteiger partial charge in [0, 0.05) is 35.5 Å². The maximum atomic E-state index is 12.0. The number of hydrogen-bond acceptors (Lipinski definition) is 6. The van der Waals surface area contributed by atoms with E-state index in [0.29, 0.717) is 17.4 Å². The van der Waals surface area contributed by atoms with Gasteiger partial charge >= 0.3 is 5.63 Å². The van der Waals surface area contributed by atoms with Crippen LogP contribution in [0.2, 0.25) is 0 Å². The molecule has 0 spiro atoms. The van der Waals surface area contributed by atoms with Crippen molar-refractivity contribution < 1.29 is 14.3 Å². The van der Waals surface area contributed by atoms with Crippen LogP contribution in [0.1, 0.15) is 26.3 Å². The fourth-order valence-electron chi connectivity index (χ4n) is 3.07. The van der Waals surface area contributed by atoms with Crippen LogP contribution in [0.25, 0.3) is 17.3 Å². The number of terminal acetylenes is 1. The van der Waals surface area contributed by atoms with Crippen LogP contribution in [0.15, 0.2) is 57.1 Å². The number of aryl methyl sites for hydroxylation is 1. The van der Waals surface area contributed by atoms with E-state index >= 15 is 0 Å². The Bertz CT molecular complexity index is 1250. The van der Waals surface area contributed by atoms with Crippen LogP contribution < -0.4 is 21.0 Å². The minimum absolute atomic E-state index is 0.153. The molecule has 2 aromatic heterocycles. The Hall–Kier alpha value is -3.21. The molecule has 1 N–H and O–H groups in total. The largest absolute Gasteiger partial charge is 0.497 e. The number of rotatable bonds is 7. The average Bonchev–Trinajstić information content (AvgIpc) is 3.27. The first-order valence-electron chi connectivity index (χ1n) is 10.1. The van der Waals surface area contributed by atoms with Gasteiger partial charge in [0.05, 0.1) is 19.4 Å². The highest BCUT2D eigenvalue weighted by molar-refractivity contribution is 7.99. The van der Waals surface area contributed by atoms with E-state index < -0.39 is 5.63 Å².